The number of amides is 1. The number of halogens is 1. The number of ether oxygens (including phenoxy) is 1. The molecule has 1 amide bonds. The number of thiazole rings is 1. The summed E-state index contributed by atoms with van der Waals surface area (Å²) in [5.41, 5.74) is 1.38. The van der Waals surface area contributed by atoms with E-state index in [0.717, 1.165) is 4.88 Å². The molecule has 4 aromatic rings. The van der Waals surface area contributed by atoms with Crippen molar-refractivity contribution in [2.75, 3.05) is 10.0 Å². The molecular formula is C22H18ClN5O4S2. The minimum absolute atomic E-state index is 0.00770. The van der Waals surface area contributed by atoms with Gasteiger partial charge in [0.05, 0.1) is 21.2 Å². The first-order valence-corrected chi connectivity index (χ1v) is 12.5. The van der Waals surface area contributed by atoms with Crippen LogP contribution in [-0.4, -0.2) is 29.3 Å². The monoisotopic (exact) mass is 515 g/mol. The molecule has 0 saturated carbocycles. The van der Waals surface area contributed by atoms with E-state index < -0.39 is 10.0 Å². The van der Waals surface area contributed by atoms with Crippen LogP contribution in [0.2, 0.25) is 5.15 Å². The molecule has 0 atom stereocenters. The number of rotatable bonds is 7. The molecule has 0 saturated heterocycles. The maximum absolute atomic E-state index is 13.0. The normalized spacial score (nSPS) is 11.1. The van der Waals surface area contributed by atoms with Crippen molar-refractivity contribution in [3.05, 3.63) is 71.8 Å². The second-order valence-corrected chi connectivity index (χ2v) is 10.1. The quantitative estimate of drug-likeness (QED) is 0.327. The Morgan fingerprint density at radius 2 is 1.88 bits per heavy atom. The molecule has 2 N–H and O–H groups in total. The van der Waals surface area contributed by atoms with Gasteiger partial charge in [-0.2, -0.15) is 0 Å². The van der Waals surface area contributed by atoms with Crippen molar-refractivity contribution in [3.63, 3.8) is 0 Å². The number of anilines is 2. The molecule has 0 spiro atoms. The minimum atomic E-state index is -3.96. The van der Waals surface area contributed by atoms with E-state index in [1.807, 2.05) is 0 Å². The van der Waals surface area contributed by atoms with Crippen LogP contribution < -0.4 is 14.8 Å². The first kappa shape index (κ1) is 23.6. The van der Waals surface area contributed by atoms with E-state index in [4.69, 9.17) is 16.3 Å². The van der Waals surface area contributed by atoms with Crippen LogP contribution in [0.25, 0.3) is 10.4 Å². The number of pyridine rings is 2. The first-order chi connectivity index (χ1) is 16.2. The van der Waals surface area contributed by atoms with Crippen LogP contribution in [0.3, 0.4) is 0 Å². The lowest BCUT2D eigenvalue weighted by Crippen LogP contribution is -2.13. The van der Waals surface area contributed by atoms with Crippen LogP contribution in [0.4, 0.5) is 10.8 Å². The van der Waals surface area contributed by atoms with Crippen molar-refractivity contribution in [2.45, 2.75) is 18.7 Å². The molecule has 0 unspecified atom stereocenters. The Morgan fingerprint density at radius 3 is 2.56 bits per heavy atom. The average molecular weight is 516 g/mol. The first-order valence-electron chi connectivity index (χ1n) is 9.84. The van der Waals surface area contributed by atoms with Gasteiger partial charge in [0, 0.05) is 30.9 Å². The predicted octanol–water partition coefficient (Wildman–Crippen LogP) is 5.11. The summed E-state index contributed by atoms with van der Waals surface area (Å²) in [5, 5.41) is 3.07. The number of hydrogen-bond acceptors (Lipinski definition) is 8. The van der Waals surface area contributed by atoms with Gasteiger partial charge in [-0.05, 0) is 43.3 Å². The van der Waals surface area contributed by atoms with Crippen LogP contribution in [0.1, 0.15) is 12.6 Å². The Hall–Kier alpha value is -3.54. The lowest BCUT2D eigenvalue weighted by atomic mass is 10.2. The second kappa shape index (κ2) is 9.75. The summed E-state index contributed by atoms with van der Waals surface area (Å²) in [5.74, 6) is 0.598. The van der Waals surface area contributed by atoms with E-state index in [1.54, 1.807) is 37.4 Å². The molecule has 0 fully saturated rings. The average Bonchev–Trinajstić information content (AvgIpc) is 3.15. The van der Waals surface area contributed by atoms with Crippen molar-refractivity contribution in [3.8, 4) is 22.1 Å². The highest BCUT2D eigenvalue weighted by Gasteiger charge is 2.19. The third-order valence-corrected chi connectivity index (χ3v) is 7.22. The van der Waals surface area contributed by atoms with Crippen molar-refractivity contribution < 1.29 is 17.9 Å². The predicted molar refractivity (Wildman–Crippen MR) is 131 cm³/mol. The molecule has 3 aromatic heterocycles. The largest absolute Gasteiger partial charge is 0.439 e. The number of sulfonamides is 1. The molecule has 0 bridgehead atoms. The maximum Gasteiger partial charge on any atom is 0.261 e. The lowest BCUT2D eigenvalue weighted by molar-refractivity contribution is -0.114. The smallest absolute Gasteiger partial charge is 0.261 e. The molecule has 9 nitrogen and oxygen atoms in total. The number of carbonyl (C=O) groups is 1. The van der Waals surface area contributed by atoms with Gasteiger partial charge in [-0.25, -0.2) is 23.4 Å². The van der Waals surface area contributed by atoms with Crippen molar-refractivity contribution in [2.24, 2.45) is 0 Å². The van der Waals surface area contributed by atoms with E-state index in [-0.39, 0.29) is 21.6 Å². The number of benzene rings is 1. The summed E-state index contributed by atoms with van der Waals surface area (Å²) in [4.78, 5) is 24.5. The fourth-order valence-electron chi connectivity index (χ4n) is 2.93. The van der Waals surface area contributed by atoms with E-state index >= 15 is 0 Å². The number of carbonyl (C=O) groups excluding carboxylic acids is 1. The van der Waals surface area contributed by atoms with Gasteiger partial charge in [0.1, 0.15) is 5.75 Å². The van der Waals surface area contributed by atoms with E-state index in [9.17, 15) is 13.2 Å². The fraction of sp³-hybridized carbons (Fsp3) is 0.0909. The SMILES string of the molecule is CC(=O)Nc1nc(C)c(-c2cnc(Cl)c(NS(=O)(=O)c3ccc(Oc4ccccn4)cc3)c2)s1. The third-order valence-electron chi connectivity index (χ3n) is 4.42. The third kappa shape index (κ3) is 5.50. The maximum atomic E-state index is 13.0. The molecule has 174 valence electrons. The van der Waals surface area contributed by atoms with Crippen molar-refractivity contribution in [1.29, 1.82) is 0 Å². The highest BCUT2D eigenvalue weighted by Crippen LogP contribution is 2.35. The van der Waals surface area contributed by atoms with E-state index in [0.29, 0.717) is 28.0 Å². The molecule has 12 heteroatoms. The number of aryl methyl sites for hydroxylation is 1. The molecule has 4 rings (SSSR count). The number of hydrogen-bond donors (Lipinski definition) is 2. The van der Waals surface area contributed by atoms with Crippen LogP contribution in [0, 0.1) is 6.92 Å². The Balaban J connectivity index is 1.56. The van der Waals surface area contributed by atoms with Gasteiger partial charge >= 0.3 is 0 Å². The van der Waals surface area contributed by atoms with E-state index in [2.05, 4.69) is 25.0 Å². The van der Waals surface area contributed by atoms with Crippen molar-refractivity contribution >= 4 is 49.7 Å². The summed E-state index contributed by atoms with van der Waals surface area (Å²) < 4.78 is 34.0. The van der Waals surface area contributed by atoms with Crippen LogP contribution >= 0.6 is 22.9 Å². The van der Waals surface area contributed by atoms with Crippen molar-refractivity contribution in [1.82, 2.24) is 15.0 Å². The zero-order chi connectivity index (χ0) is 24.3. The molecular weight excluding hydrogens is 498 g/mol. The summed E-state index contributed by atoms with van der Waals surface area (Å²) in [6, 6.07) is 12.7. The molecule has 1 aromatic carbocycles. The number of nitrogens with one attached hydrogen (secondary N) is 2. The highest BCUT2D eigenvalue weighted by atomic mass is 35.5. The van der Waals surface area contributed by atoms with Gasteiger partial charge in [0.25, 0.3) is 10.0 Å². The standard InChI is InChI=1S/C22H18ClN5O4S2/c1-13-20(33-22(26-13)27-14(2)29)15-11-18(21(23)25-12-15)28-34(30,31)17-8-6-16(7-9-17)32-19-5-3-4-10-24-19/h3-12,28H,1-2H3,(H,26,27,29). The number of aromatic nitrogens is 3. The zero-order valence-corrected chi connectivity index (χ0v) is 20.3. The summed E-state index contributed by atoms with van der Waals surface area (Å²) in [6.45, 7) is 3.18. The Kier molecular flexibility index (Phi) is 6.77. The van der Waals surface area contributed by atoms with E-state index in [1.165, 1.54) is 48.7 Å². The molecule has 0 aliphatic heterocycles. The highest BCUT2D eigenvalue weighted by molar-refractivity contribution is 7.92. The topological polar surface area (TPSA) is 123 Å². The van der Waals surface area contributed by atoms with Gasteiger partial charge in [-0.3, -0.25) is 9.52 Å². The molecule has 34 heavy (non-hydrogen) atoms. The van der Waals surface area contributed by atoms with Gasteiger partial charge in [0.15, 0.2) is 10.3 Å². The van der Waals surface area contributed by atoms with Crippen LogP contribution in [-0.2, 0) is 14.8 Å². The van der Waals surface area contributed by atoms with Gasteiger partial charge in [-0.15, -0.1) is 0 Å². The molecule has 0 aliphatic rings. The van der Waals surface area contributed by atoms with Crippen LogP contribution in [0.5, 0.6) is 11.6 Å². The minimum Gasteiger partial charge on any atom is -0.439 e. The summed E-state index contributed by atoms with van der Waals surface area (Å²) >= 11 is 7.42. The van der Waals surface area contributed by atoms with Crippen LogP contribution in [0.15, 0.2) is 65.8 Å². The summed E-state index contributed by atoms with van der Waals surface area (Å²) in [7, 11) is -3.96. The molecule has 0 aliphatic carbocycles. The van der Waals surface area contributed by atoms with Gasteiger partial charge in [0.2, 0.25) is 11.8 Å². The van der Waals surface area contributed by atoms with Gasteiger partial charge < -0.3 is 10.1 Å². The summed E-state index contributed by atoms with van der Waals surface area (Å²) in [6.07, 6.45) is 3.11. The molecule has 0 radical (unpaired) electrons. The lowest BCUT2D eigenvalue weighted by Gasteiger charge is -2.11. The Bertz CT molecular complexity index is 1440. The Morgan fingerprint density at radius 1 is 1.12 bits per heavy atom. The van der Waals surface area contributed by atoms with Gasteiger partial charge in [-0.1, -0.05) is 29.0 Å². The number of nitrogens with zero attached hydrogens (tertiary/aromatic N) is 3. The Labute approximate surface area is 204 Å². The second-order valence-electron chi connectivity index (χ2n) is 7.02. The fourth-order valence-corrected chi connectivity index (χ4v) is 5.19. The zero-order valence-electron chi connectivity index (χ0n) is 17.9. The molecule has 3 heterocycles.